The predicted octanol–water partition coefficient (Wildman–Crippen LogP) is 3.62. The average molecular weight is 419 g/mol. The van der Waals surface area contributed by atoms with Gasteiger partial charge < -0.3 is 10.5 Å². The molecule has 2 N–H and O–H groups in total. The summed E-state index contributed by atoms with van der Waals surface area (Å²) in [6, 6.07) is 8.46. The molecule has 1 atom stereocenters. The van der Waals surface area contributed by atoms with E-state index in [1.54, 1.807) is 12.3 Å². The van der Waals surface area contributed by atoms with Crippen molar-refractivity contribution in [2.75, 3.05) is 5.73 Å². The van der Waals surface area contributed by atoms with E-state index < -0.39 is 6.10 Å². The van der Waals surface area contributed by atoms with Gasteiger partial charge in [-0.25, -0.2) is 18.7 Å². The fourth-order valence-corrected chi connectivity index (χ4v) is 4.04. The first-order valence-electron chi connectivity index (χ1n) is 10.1. The number of hydrogen-bond acceptors (Lipinski definition) is 6. The van der Waals surface area contributed by atoms with E-state index >= 15 is 0 Å². The number of aryl methyl sites for hydroxylation is 2. The summed E-state index contributed by atoms with van der Waals surface area (Å²) in [6.45, 7) is 6.45. The Bertz CT molecular complexity index is 1290. The van der Waals surface area contributed by atoms with Crippen molar-refractivity contribution in [3.05, 3.63) is 65.0 Å². The van der Waals surface area contributed by atoms with Crippen molar-refractivity contribution in [2.45, 2.75) is 39.8 Å². The van der Waals surface area contributed by atoms with E-state index in [9.17, 15) is 4.39 Å². The van der Waals surface area contributed by atoms with E-state index in [2.05, 4.69) is 20.4 Å². The number of hydrogen-bond donors (Lipinski definition) is 1. The zero-order valence-electron chi connectivity index (χ0n) is 17.5. The first-order chi connectivity index (χ1) is 14.9. The Morgan fingerprint density at radius 1 is 1.26 bits per heavy atom. The summed E-state index contributed by atoms with van der Waals surface area (Å²) in [5, 5.41) is 13.4. The summed E-state index contributed by atoms with van der Waals surface area (Å²) < 4.78 is 24.0. The van der Waals surface area contributed by atoms with Crippen LogP contribution in [0.5, 0.6) is 5.75 Å². The lowest BCUT2D eigenvalue weighted by atomic mass is 10.0. The fourth-order valence-electron chi connectivity index (χ4n) is 4.04. The van der Waals surface area contributed by atoms with E-state index in [1.165, 1.54) is 12.1 Å². The number of halogens is 1. The second kappa shape index (κ2) is 7.19. The highest BCUT2D eigenvalue weighted by Crippen LogP contribution is 2.35. The van der Waals surface area contributed by atoms with Gasteiger partial charge in [-0.05, 0) is 51.1 Å². The lowest BCUT2D eigenvalue weighted by molar-refractivity contribution is 0.226. The highest BCUT2D eigenvalue weighted by Gasteiger charge is 2.24. The Kier molecular flexibility index (Phi) is 4.46. The van der Waals surface area contributed by atoms with Gasteiger partial charge in [-0.15, -0.1) is 5.10 Å². The molecule has 1 aliphatic heterocycles. The zero-order chi connectivity index (χ0) is 21.7. The van der Waals surface area contributed by atoms with Crippen LogP contribution in [-0.4, -0.2) is 29.8 Å². The maximum atomic E-state index is 14.2. The Hall–Kier alpha value is -3.75. The zero-order valence-corrected chi connectivity index (χ0v) is 17.5. The first kappa shape index (κ1) is 19.2. The van der Waals surface area contributed by atoms with E-state index in [-0.39, 0.29) is 11.6 Å². The van der Waals surface area contributed by atoms with Crippen LogP contribution >= 0.6 is 0 Å². The lowest BCUT2D eigenvalue weighted by Gasteiger charge is -2.21. The molecule has 1 aliphatic rings. The largest absolute Gasteiger partial charge is 0.482 e. The molecule has 0 aliphatic carbocycles. The van der Waals surface area contributed by atoms with Crippen LogP contribution in [0.1, 0.15) is 42.6 Å². The van der Waals surface area contributed by atoms with Crippen molar-refractivity contribution in [1.82, 2.24) is 29.8 Å². The monoisotopic (exact) mass is 419 g/mol. The number of nitrogens with two attached hydrogens (primary N) is 1. The Morgan fingerprint density at radius 3 is 2.90 bits per heavy atom. The van der Waals surface area contributed by atoms with Crippen molar-refractivity contribution in [3.63, 3.8) is 0 Å². The molecule has 0 saturated carbocycles. The van der Waals surface area contributed by atoms with E-state index in [1.807, 2.05) is 42.3 Å². The molecule has 0 amide bonds. The molecule has 0 spiro atoms. The number of benzene rings is 1. The van der Waals surface area contributed by atoms with Gasteiger partial charge in [-0.1, -0.05) is 5.21 Å². The number of anilines is 1. The molecule has 1 unspecified atom stereocenters. The van der Waals surface area contributed by atoms with Gasteiger partial charge in [0.2, 0.25) is 0 Å². The summed E-state index contributed by atoms with van der Waals surface area (Å²) in [6.07, 6.45) is 1.71. The first-order valence-corrected chi connectivity index (χ1v) is 10.1. The molecular formula is C22H22FN7O. The Balaban J connectivity index is 1.81. The molecular weight excluding hydrogens is 397 g/mol. The summed E-state index contributed by atoms with van der Waals surface area (Å²) in [5.74, 6) is 0.338. The normalized spacial score (nSPS) is 15.2. The standard InChI is InChI=1S/C22H22FN7O/c1-4-29-21-14-8-20(22(24)25-11-14)31-13(3)17-9-15(23)5-6-19(17)30-16(7-12(2)27-30)10-18(21)26-28-29/h5-9,11,13H,4,10H2,1-3H3,(H2,24,25). The van der Waals surface area contributed by atoms with E-state index in [4.69, 9.17) is 10.5 Å². The number of rotatable bonds is 1. The number of nitrogens with zero attached hydrogens (tertiary/aromatic N) is 6. The summed E-state index contributed by atoms with van der Waals surface area (Å²) >= 11 is 0. The quantitative estimate of drug-likeness (QED) is 0.506. The van der Waals surface area contributed by atoms with Crippen molar-refractivity contribution < 1.29 is 9.13 Å². The molecule has 0 radical (unpaired) electrons. The van der Waals surface area contributed by atoms with Gasteiger partial charge in [0.15, 0.2) is 11.6 Å². The van der Waals surface area contributed by atoms with Gasteiger partial charge >= 0.3 is 0 Å². The summed E-state index contributed by atoms with van der Waals surface area (Å²) in [4.78, 5) is 4.33. The lowest BCUT2D eigenvalue weighted by Crippen LogP contribution is -2.14. The number of ether oxygens (including phenoxy) is 1. The topological polar surface area (TPSA) is 96.7 Å². The Labute approximate surface area is 178 Å². The van der Waals surface area contributed by atoms with Crippen LogP contribution in [-0.2, 0) is 13.0 Å². The van der Waals surface area contributed by atoms with Crippen molar-refractivity contribution in [1.29, 1.82) is 0 Å². The van der Waals surface area contributed by atoms with Crippen LogP contribution in [0, 0.1) is 12.7 Å². The summed E-state index contributed by atoms with van der Waals surface area (Å²) in [5.41, 5.74) is 11.7. The highest BCUT2D eigenvalue weighted by atomic mass is 19.1. The van der Waals surface area contributed by atoms with Crippen molar-refractivity contribution in [3.8, 4) is 22.7 Å². The number of fused-ring (bicyclic) bond motifs is 7. The molecule has 1 aromatic carbocycles. The summed E-state index contributed by atoms with van der Waals surface area (Å²) in [7, 11) is 0. The molecule has 4 heterocycles. The molecule has 3 aromatic heterocycles. The van der Waals surface area contributed by atoms with Gasteiger partial charge in [-0.3, -0.25) is 0 Å². The second-order valence-corrected chi connectivity index (χ2v) is 7.64. The number of nitrogen functional groups attached to an aromatic ring is 1. The van der Waals surface area contributed by atoms with Crippen LogP contribution in [0.25, 0.3) is 16.9 Å². The van der Waals surface area contributed by atoms with E-state index in [0.29, 0.717) is 24.3 Å². The third-order valence-corrected chi connectivity index (χ3v) is 5.47. The van der Waals surface area contributed by atoms with E-state index in [0.717, 1.165) is 34.0 Å². The SMILES string of the molecule is CCn1nnc2c1-c1cnc(N)c(c1)OC(C)c1cc(F)ccc1-n1nc(C)cc1C2. The second-order valence-electron chi connectivity index (χ2n) is 7.64. The smallest absolute Gasteiger partial charge is 0.166 e. The molecule has 4 aromatic rings. The van der Waals surface area contributed by atoms with Gasteiger partial charge in [0.1, 0.15) is 11.9 Å². The minimum absolute atomic E-state index is 0.262. The molecule has 2 bridgehead atoms. The van der Waals surface area contributed by atoms with Crippen LogP contribution in [0.3, 0.4) is 0 Å². The molecule has 9 heteroatoms. The van der Waals surface area contributed by atoms with Crippen molar-refractivity contribution >= 4 is 5.82 Å². The highest BCUT2D eigenvalue weighted by molar-refractivity contribution is 5.66. The molecule has 0 fully saturated rings. The van der Waals surface area contributed by atoms with Gasteiger partial charge in [0.05, 0.1) is 28.5 Å². The number of aromatic nitrogens is 6. The maximum Gasteiger partial charge on any atom is 0.166 e. The maximum absolute atomic E-state index is 14.2. The van der Waals surface area contributed by atoms with Crippen LogP contribution in [0.15, 0.2) is 36.5 Å². The number of pyridine rings is 1. The van der Waals surface area contributed by atoms with Crippen LogP contribution in [0.4, 0.5) is 10.2 Å². The molecule has 31 heavy (non-hydrogen) atoms. The van der Waals surface area contributed by atoms with Gasteiger partial charge in [0, 0.05) is 30.3 Å². The third-order valence-electron chi connectivity index (χ3n) is 5.47. The van der Waals surface area contributed by atoms with Crippen LogP contribution in [0.2, 0.25) is 0 Å². The fraction of sp³-hybridized carbons (Fsp3) is 0.273. The van der Waals surface area contributed by atoms with Crippen LogP contribution < -0.4 is 10.5 Å². The predicted molar refractivity (Wildman–Crippen MR) is 113 cm³/mol. The average Bonchev–Trinajstić information content (AvgIpc) is 3.32. The molecule has 0 saturated heterocycles. The molecule has 5 rings (SSSR count). The minimum Gasteiger partial charge on any atom is -0.482 e. The van der Waals surface area contributed by atoms with Crippen molar-refractivity contribution in [2.24, 2.45) is 0 Å². The molecule has 158 valence electrons. The van der Waals surface area contributed by atoms with Gasteiger partial charge in [-0.2, -0.15) is 5.10 Å². The third kappa shape index (κ3) is 3.22. The van der Waals surface area contributed by atoms with Gasteiger partial charge in [0.25, 0.3) is 0 Å². The molecule has 8 nitrogen and oxygen atoms in total. The minimum atomic E-state index is -0.490. The Morgan fingerprint density at radius 2 is 2.10 bits per heavy atom.